The molecular formula is C8H16N2O2. The predicted octanol–water partition coefficient (Wildman–Crippen LogP) is 2.38. The van der Waals surface area contributed by atoms with Crippen molar-refractivity contribution in [2.75, 3.05) is 0 Å². The molecule has 0 aliphatic heterocycles. The maximum Gasteiger partial charge on any atom is 0.260 e. The minimum Gasteiger partial charge on any atom is -0.408 e. The van der Waals surface area contributed by atoms with Gasteiger partial charge in [0.05, 0.1) is 0 Å². The van der Waals surface area contributed by atoms with Crippen molar-refractivity contribution in [1.82, 2.24) is 0 Å². The van der Waals surface area contributed by atoms with E-state index < -0.39 is 0 Å². The second-order valence-corrected chi connectivity index (χ2v) is 2.41. The fraction of sp³-hybridized carbons (Fsp3) is 0.750. The van der Waals surface area contributed by atoms with E-state index in [-0.39, 0.29) is 5.90 Å². The van der Waals surface area contributed by atoms with Crippen molar-refractivity contribution in [1.29, 1.82) is 0 Å². The number of hydrogen-bond donors (Lipinski definition) is 1. The van der Waals surface area contributed by atoms with Gasteiger partial charge in [0.2, 0.25) is 0 Å². The van der Waals surface area contributed by atoms with E-state index in [1.54, 1.807) is 6.21 Å². The molecule has 0 spiro atoms. The lowest BCUT2D eigenvalue weighted by Crippen LogP contribution is -1.99. The van der Waals surface area contributed by atoms with Crippen molar-refractivity contribution in [3.05, 3.63) is 0 Å². The molecule has 12 heavy (non-hydrogen) atoms. The summed E-state index contributed by atoms with van der Waals surface area (Å²) in [7, 11) is 0. The summed E-state index contributed by atoms with van der Waals surface area (Å²) in [5, 5.41) is 15.0. The van der Waals surface area contributed by atoms with Crippen molar-refractivity contribution < 1.29 is 10.0 Å². The monoisotopic (exact) mass is 172 g/mol. The first kappa shape index (κ1) is 10.9. The zero-order valence-corrected chi connectivity index (χ0v) is 7.66. The number of rotatable bonds is 5. The summed E-state index contributed by atoms with van der Waals surface area (Å²) in [6.07, 6.45) is 5.07. The highest BCUT2D eigenvalue weighted by Crippen LogP contribution is 1.94. The van der Waals surface area contributed by atoms with Crippen LogP contribution < -0.4 is 0 Å². The van der Waals surface area contributed by atoms with Gasteiger partial charge in [0, 0.05) is 12.6 Å². The predicted molar refractivity (Wildman–Crippen MR) is 48.6 cm³/mol. The van der Waals surface area contributed by atoms with E-state index in [4.69, 9.17) is 10.0 Å². The first-order valence-electron chi connectivity index (χ1n) is 4.24. The second kappa shape index (κ2) is 8.04. The van der Waals surface area contributed by atoms with Gasteiger partial charge in [0.1, 0.15) is 0 Å². The Hall–Kier alpha value is -1.06. The molecule has 4 heteroatoms. The van der Waals surface area contributed by atoms with Gasteiger partial charge in [0.15, 0.2) is 0 Å². The topological polar surface area (TPSA) is 54.2 Å². The van der Waals surface area contributed by atoms with Crippen molar-refractivity contribution in [3.63, 3.8) is 0 Å². The van der Waals surface area contributed by atoms with Gasteiger partial charge in [0.25, 0.3) is 5.90 Å². The van der Waals surface area contributed by atoms with Crippen LogP contribution in [-0.4, -0.2) is 17.3 Å². The molecule has 0 saturated carbocycles. The molecule has 0 atom stereocenters. The van der Waals surface area contributed by atoms with E-state index in [9.17, 15) is 0 Å². The summed E-state index contributed by atoms with van der Waals surface area (Å²) in [6.45, 7) is 4.03. The van der Waals surface area contributed by atoms with Crippen LogP contribution >= 0.6 is 0 Å². The largest absolute Gasteiger partial charge is 0.408 e. The van der Waals surface area contributed by atoms with Gasteiger partial charge >= 0.3 is 0 Å². The van der Waals surface area contributed by atoms with Crippen LogP contribution in [0, 0.1) is 0 Å². The molecule has 0 bridgehead atoms. The van der Waals surface area contributed by atoms with Gasteiger partial charge in [-0.25, -0.2) is 0 Å². The van der Waals surface area contributed by atoms with Gasteiger partial charge in [-0.05, 0) is 12.8 Å². The molecule has 0 aromatic rings. The molecule has 0 fully saturated rings. The lowest BCUT2D eigenvalue weighted by Gasteiger charge is -1.97. The summed E-state index contributed by atoms with van der Waals surface area (Å²) in [6, 6.07) is 0. The van der Waals surface area contributed by atoms with Gasteiger partial charge in [-0.15, -0.1) is 0 Å². The van der Waals surface area contributed by atoms with E-state index in [0.717, 1.165) is 19.3 Å². The molecule has 0 radical (unpaired) electrons. The molecule has 0 aliphatic carbocycles. The second-order valence-electron chi connectivity index (χ2n) is 2.41. The minimum atomic E-state index is 0.268. The van der Waals surface area contributed by atoms with Crippen LogP contribution in [0.3, 0.4) is 0 Å². The van der Waals surface area contributed by atoms with Crippen molar-refractivity contribution in [3.8, 4) is 0 Å². The van der Waals surface area contributed by atoms with Crippen molar-refractivity contribution in [2.45, 2.75) is 39.5 Å². The fourth-order valence-corrected chi connectivity index (χ4v) is 0.608. The molecule has 0 rings (SSSR count). The van der Waals surface area contributed by atoms with Crippen LogP contribution in [0.1, 0.15) is 39.5 Å². The highest BCUT2D eigenvalue weighted by atomic mass is 16.6. The Bertz CT molecular complexity index is 155. The summed E-state index contributed by atoms with van der Waals surface area (Å²) >= 11 is 0. The van der Waals surface area contributed by atoms with Gasteiger partial charge in [-0.1, -0.05) is 30.6 Å². The first-order valence-corrected chi connectivity index (χ1v) is 4.24. The summed E-state index contributed by atoms with van der Waals surface area (Å²) < 4.78 is 0. The van der Waals surface area contributed by atoms with Crippen molar-refractivity contribution in [2.24, 2.45) is 10.3 Å². The quantitative estimate of drug-likeness (QED) is 0.299. The zero-order chi connectivity index (χ0) is 9.23. The third kappa shape index (κ3) is 5.70. The number of oxime groups is 2. The van der Waals surface area contributed by atoms with E-state index in [2.05, 4.69) is 17.2 Å². The fourth-order valence-electron chi connectivity index (χ4n) is 0.608. The summed E-state index contributed by atoms with van der Waals surface area (Å²) in [5.41, 5.74) is 0. The van der Waals surface area contributed by atoms with Crippen LogP contribution in [0.4, 0.5) is 0 Å². The Morgan fingerprint density at radius 2 is 2.17 bits per heavy atom. The van der Waals surface area contributed by atoms with Crippen LogP contribution in [-0.2, 0) is 4.84 Å². The third-order valence-electron chi connectivity index (χ3n) is 1.23. The number of nitrogens with zero attached hydrogens (tertiary/aromatic N) is 2. The molecule has 70 valence electrons. The molecule has 0 aromatic carbocycles. The molecule has 0 heterocycles. The molecule has 4 nitrogen and oxygen atoms in total. The van der Waals surface area contributed by atoms with E-state index in [1.807, 2.05) is 6.92 Å². The molecule has 0 aliphatic rings. The summed E-state index contributed by atoms with van der Waals surface area (Å²) in [4.78, 5) is 4.80. The van der Waals surface area contributed by atoms with Gasteiger partial charge < -0.3 is 10.0 Å². The maximum atomic E-state index is 8.40. The van der Waals surface area contributed by atoms with Gasteiger partial charge in [-0.3, -0.25) is 0 Å². The van der Waals surface area contributed by atoms with E-state index >= 15 is 0 Å². The van der Waals surface area contributed by atoms with Crippen molar-refractivity contribution >= 4 is 12.1 Å². The Kier molecular flexibility index (Phi) is 7.33. The summed E-state index contributed by atoms with van der Waals surface area (Å²) in [5.74, 6) is 0.268. The Morgan fingerprint density at radius 3 is 2.67 bits per heavy atom. The highest BCUT2D eigenvalue weighted by Gasteiger charge is 1.96. The Labute approximate surface area is 72.9 Å². The number of unbranched alkanes of at least 4 members (excludes halogenated alkanes) is 1. The van der Waals surface area contributed by atoms with E-state index in [0.29, 0.717) is 6.42 Å². The normalized spacial score (nSPS) is 12.3. The van der Waals surface area contributed by atoms with Crippen LogP contribution in [0.5, 0.6) is 0 Å². The lowest BCUT2D eigenvalue weighted by atomic mass is 10.3. The standard InChI is InChI=1S/C8H16N2O2/c1-3-5-7-9-12-8(10-11)6-4-2/h7,11H,3-6H2,1-2H3. The lowest BCUT2D eigenvalue weighted by molar-refractivity contribution is 0.257. The molecular weight excluding hydrogens is 156 g/mol. The van der Waals surface area contributed by atoms with Gasteiger partial charge in [-0.2, -0.15) is 0 Å². The third-order valence-corrected chi connectivity index (χ3v) is 1.23. The highest BCUT2D eigenvalue weighted by molar-refractivity contribution is 5.75. The van der Waals surface area contributed by atoms with Crippen LogP contribution in [0.15, 0.2) is 10.3 Å². The van der Waals surface area contributed by atoms with E-state index in [1.165, 1.54) is 0 Å². The molecule has 1 N–H and O–H groups in total. The number of hydrogen-bond acceptors (Lipinski definition) is 4. The zero-order valence-electron chi connectivity index (χ0n) is 7.66. The Balaban J connectivity index is 3.58. The molecule has 0 saturated heterocycles. The first-order chi connectivity index (χ1) is 5.85. The SMILES string of the molecule is CCCC=NOC(CCC)=NO. The molecule has 0 unspecified atom stereocenters. The Morgan fingerprint density at radius 1 is 1.42 bits per heavy atom. The van der Waals surface area contributed by atoms with Crippen LogP contribution in [0.25, 0.3) is 0 Å². The smallest absolute Gasteiger partial charge is 0.260 e. The maximum absolute atomic E-state index is 8.40. The average molecular weight is 172 g/mol. The minimum absolute atomic E-state index is 0.268. The molecule has 0 amide bonds. The average Bonchev–Trinajstić information content (AvgIpc) is 2.10. The van der Waals surface area contributed by atoms with Crippen LogP contribution in [0.2, 0.25) is 0 Å². The molecule has 0 aromatic heterocycles.